The highest BCUT2D eigenvalue weighted by Crippen LogP contribution is 2.19. The molecule has 0 amide bonds. The molecule has 124 valence electrons. The second kappa shape index (κ2) is 6.52. The summed E-state index contributed by atoms with van der Waals surface area (Å²) in [4.78, 5) is 9.13. The van der Waals surface area contributed by atoms with E-state index in [1.807, 2.05) is 12.1 Å². The van der Waals surface area contributed by atoms with E-state index >= 15 is 0 Å². The number of aromatic nitrogens is 1. The minimum absolute atomic E-state index is 0.194. The molecule has 0 saturated carbocycles. The van der Waals surface area contributed by atoms with Gasteiger partial charge in [0, 0.05) is 37.9 Å². The van der Waals surface area contributed by atoms with E-state index in [0.717, 1.165) is 37.6 Å². The number of piperazine rings is 1. The number of hydrogen-bond donors (Lipinski definition) is 1. The van der Waals surface area contributed by atoms with Crippen LogP contribution in [-0.2, 0) is 16.5 Å². The van der Waals surface area contributed by atoms with Crippen molar-refractivity contribution in [2.75, 3.05) is 36.8 Å². The molecular formula is C15H25N3O3S. The van der Waals surface area contributed by atoms with Crippen molar-refractivity contribution >= 4 is 15.9 Å². The first kappa shape index (κ1) is 17.2. The number of hydrogen-bond acceptors (Lipinski definition) is 5. The quantitative estimate of drug-likeness (QED) is 0.844. The van der Waals surface area contributed by atoms with E-state index in [0.29, 0.717) is 0 Å². The summed E-state index contributed by atoms with van der Waals surface area (Å²) in [6, 6.07) is 3.80. The lowest BCUT2D eigenvalue weighted by Crippen LogP contribution is -2.53. The molecule has 22 heavy (non-hydrogen) atoms. The Labute approximate surface area is 132 Å². The van der Waals surface area contributed by atoms with Crippen LogP contribution in [0.1, 0.15) is 26.3 Å². The zero-order valence-corrected chi connectivity index (χ0v) is 14.3. The topological polar surface area (TPSA) is 73.7 Å². The van der Waals surface area contributed by atoms with Gasteiger partial charge in [0.25, 0.3) is 10.1 Å². The van der Waals surface area contributed by atoms with Gasteiger partial charge in [0.2, 0.25) is 0 Å². The van der Waals surface area contributed by atoms with Gasteiger partial charge in [0.1, 0.15) is 5.82 Å². The number of rotatable bonds is 4. The molecule has 0 atom stereocenters. The maximum atomic E-state index is 10.8. The lowest BCUT2D eigenvalue weighted by atomic mass is 10.0. The number of nitrogens with zero attached hydrogens (tertiary/aromatic N) is 3. The third-order valence-electron chi connectivity index (χ3n) is 4.01. The van der Waals surface area contributed by atoms with Gasteiger partial charge in [-0.2, -0.15) is 8.42 Å². The largest absolute Gasteiger partial charge is 0.354 e. The van der Waals surface area contributed by atoms with E-state index in [1.54, 1.807) is 6.20 Å². The summed E-state index contributed by atoms with van der Waals surface area (Å²) in [6.07, 6.45) is 1.97. The summed E-state index contributed by atoms with van der Waals surface area (Å²) in [7, 11) is -3.92. The third-order valence-corrected chi connectivity index (χ3v) is 4.73. The molecular weight excluding hydrogens is 302 g/mol. The first-order valence-electron chi connectivity index (χ1n) is 7.55. The van der Waals surface area contributed by atoms with Crippen LogP contribution in [0, 0.1) is 0 Å². The summed E-state index contributed by atoms with van der Waals surface area (Å²) < 4.78 is 30.3. The van der Waals surface area contributed by atoms with Gasteiger partial charge in [0.05, 0.1) is 5.75 Å². The fourth-order valence-electron chi connectivity index (χ4n) is 2.60. The van der Waals surface area contributed by atoms with Gasteiger partial charge < -0.3 is 4.90 Å². The van der Waals surface area contributed by atoms with Gasteiger partial charge in [-0.3, -0.25) is 9.45 Å². The lowest BCUT2D eigenvalue weighted by molar-refractivity contribution is 0.128. The summed E-state index contributed by atoms with van der Waals surface area (Å²) in [5, 5.41) is 0. The van der Waals surface area contributed by atoms with Gasteiger partial charge in [-0.25, -0.2) is 4.98 Å². The highest BCUT2D eigenvalue weighted by molar-refractivity contribution is 7.85. The zero-order chi connectivity index (χ0) is 16.4. The van der Waals surface area contributed by atoms with E-state index in [4.69, 9.17) is 4.55 Å². The molecule has 1 N–H and O–H groups in total. The fourth-order valence-corrected chi connectivity index (χ4v) is 3.10. The molecule has 0 aliphatic carbocycles. The van der Waals surface area contributed by atoms with Crippen molar-refractivity contribution < 1.29 is 13.0 Å². The van der Waals surface area contributed by atoms with Gasteiger partial charge in [0.15, 0.2) is 0 Å². The second-order valence-electron chi connectivity index (χ2n) is 6.71. The number of anilines is 1. The van der Waals surface area contributed by atoms with E-state index in [-0.39, 0.29) is 17.7 Å². The minimum atomic E-state index is -3.92. The Bertz CT molecular complexity index is 585. The van der Waals surface area contributed by atoms with E-state index in [2.05, 4.69) is 35.6 Å². The highest BCUT2D eigenvalue weighted by atomic mass is 32.2. The fraction of sp³-hybridized carbons (Fsp3) is 0.667. The number of aryl methyl sites for hydroxylation is 1. The monoisotopic (exact) mass is 327 g/mol. The second-order valence-corrected chi connectivity index (χ2v) is 8.28. The van der Waals surface area contributed by atoms with Crippen LogP contribution in [0.5, 0.6) is 0 Å². The van der Waals surface area contributed by atoms with Crippen molar-refractivity contribution in [1.29, 1.82) is 0 Å². The molecule has 0 unspecified atom stereocenters. The molecule has 1 aromatic heterocycles. The molecule has 1 aromatic rings. The van der Waals surface area contributed by atoms with Crippen LogP contribution in [0.4, 0.5) is 5.82 Å². The maximum absolute atomic E-state index is 10.8. The van der Waals surface area contributed by atoms with Crippen molar-refractivity contribution in [3.8, 4) is 0 Å². The van der Waals surface area contributed by atoms with E-state index in [1.165, 1.54) is 0 Å². The van der Waals surface area contributed by atoms with Gasteiger partial charge >= 0.3 is 0 Å². The molecule has 0 radical (unpaired) electrons. The Balaban J connectivity index is 1.92. The lowest BCUT2D eigenvalue weighted by Gasteiger charge is -2.42. The van der Waals surface area contributed by atoms with Crippen LogP contribution < -0.4 is 4.90 Å². The summed E-state index contributed by atoms with van der Waals surface area (Å²) in [5.74, 6) is 0.655. The van der Waals surface area contributed by atoms with Gasteiger partial charge in [-0.1, -0.05) is 6.07 Å². The predicted molar refractivity (Wildman–Crippen MR) is 87.9 cm³/mol. The molecule has 6 nitrogen and oxygen atoms in total. The van der Waals surface area contributed by atoms with E-state index < -0.39 is 10.1 Å². The molecule has 1 fully saturated rings. The Hall–Kier alpha value is -1.18. The summed E-state index contributed by atoms with van der Waals surface area (Å²) >= 11 is 0. The van der Waals surface area contributed by atoms with Crippen LogP contribution in [0.2, 0.25) is 0 Å². The molecule has 1 aliphatic rings. The molecule has 1 aliphatic heterocycles. The van der Waals surface area contributed by atoms with Crippen molar-refractivity contribution in [3.05, 3.63) is 23.9 Å². The molecule has 2 heterocycles. The Morgan fingerprint density at radius 2 is 1.82 bits per heavy atom. The Morgan fingerprint density at radius 1 is 1.18 bits per heavy atom. The smallest absolute Gasteiger partial charge is 0.265 e. The maximum Gasteiger partial charge on any atom is 0.265 e. The Morgan fingerprint density at radius 3 is 2.27 bits per heavy atom. The first-order chi connectivity index (χ1) is 10.1. The normalized spacial score (nSPS) is 17.7. The highest BCUT2D eigenvalue weighted by Gasteiger charge is 2.26. The average Bonchev–Trinajstić information content (AvgIpc) is 2.44. The van der Waals surface area contributed by atoms with Gasteiger partial charge in [-0.05, 0) is 38.8 Å². The molecule has 0 spiro atoms. The van der Waals surface area contributed by atoms with Gasteiger partial charge in [-0.15, -0.1) is 0 Å². The minimum Gasteiger partial charge on any atom is -0.354 e. The molecule has 7 heteroatoms. The van der Waals surface area contributed by atoms with Crippen LogP contribution in [0.15, 0.2) is 18.3 Å². The number of pyridine rings is 1. The average molecular weight is 327 g/mol. The van der Waals surface area contributed by atoms with Crippen LogP contribution in [-0.4, -0.2) is 60.3 Å². The summed E-state index contributed by atoms with van der Waals surface area (Å²) in [6.45, 7) is 10.6. The zero-order valence-electron chi connectivity index (χ0n) is 13.5. The molecule has 0 aromatic carbocycles. The Kier molecular flexibility index (Phi) is 5.09. The summed E-state index contributed by atoms with van der Waals surface area (Å²) in [5.41, 5.74) is 1.01. The van der Waals surface area contributed by atoms with Crippen molar-refractivity contribution in [1.82, 2.24) is 9.88 Å². The van der Waals surface area contributed by atoms with Crippen LogP contribution >= 0.6 is 0 Å². The van der Waals surface area contributed by atoms with Crippen LogP contribution in [0.3, 0.4) is 0 Å². The predicted octanol–water partition coefficient (Wildman–Crippen LogP) is 1.43. The van der Waals surface area contributed by atoms with Crippen molar-refractivity contribution in [2.45, 2.75) is 32.7 Å². The third kappa shape index (κ3) is 4.93. The van der Waals surface area contributed by atoms with Crippen molar-refractivity contribution in [2.24, 2.45) is 0 Å². The van der Waals surface area contributed by atoms with Crippen molar-refractivity contribution in [3.63, 3.8) is 0 Å². The van der Waals surface area contributed by atoms with Crippen LogP contribution in [0.25, 0.3) is 0 Å². The molecule has 1 saturated heterocycles. The SMILES string of the molecule is CC(C)(C)N1CCN(c2ccc(CCS(=O)(=O)O)cn2)CC1. The first-order valence-corrected chi connectivity index (χ1v) is 9.16. The molecule has 2 rings (SSSR count). The van der Waals surface area contributed by atoms with E-state index in [9.17, 15) is 8.42 Å². The standard InChI is InChI=1S/C15H25N3O3S/c1-15(2,3)18-9-7-17(8-10-18)14-5-4-13(12-16-14)6-11-22(19,20)21/h4-5,12H,6-11H2,1-3H3,(H,19,20,21). The molecule has 0 bridgehead atoms.